The van der Waals surface area contributed by atoms with Crippen LogP contribution < -0.4 is 5.73 Å². The molecular formula is C15H23BrN2. The zero-order chi connectivity index (χ0) is 13.0. The highest BCUT2D eigenvalue weighted by Crippen LogP contribution is 2.24. The number of hydrogen-bond acceptors (Lipinski definition) is 2. The normalized spacial score (nSPS) is 20.6. The molecule has 1 aliphatic rings. The number of halogens is 1. The molecule has 1 aromatic rings. The first-order chi connectivity index (χ1) is 8.64. The molecule has 1 atom stereocenters. The van der Waals surface area contributed by atoms with Gasteiger partial charge >= 0.3 is 0 Å². The van der Waals surface area contributed by atoms with Crippen LogP contribution in [0.3, 0.4) is 0 Å². The minimum Gasteiger partial charge on any atom is -0.329 e. The third-order valence-electron chi connectivity index (χ3n) is 4.06. The minimum absolute atomic E-state index is 0.105. The molecule has 3 heteroatoms. The van der Waals surface area contributed by atoms with Gasteiger partial charge in [0.15, 0.2) is 0 Å². The molecular weight excluding hydrogens is 288 g/mol. The van der Waals surface area contributed by atoms with E-state index in [1.165, 1.54) is 37.9 Å². The molecule has 2 rings (SSSR count). The first-order valence-electron chi connectivity index (χ1n) is 6.84. The van der Waals surface area contributed by atoms with E-state index in [1.54, 1.807) is 0 Å². The second-order valence-electron chi connectivity index (χ2n) is 5.55. The monoisotopic (exact) mass is 310 g/mol. The Kier molecular flexibility index (Phi) is 4.82. The molecule has 1 unspecified atom stereocenters. The number of rotatable bonds is 4. The van der Waals surface area contributed by atoms with Gasteiger partial charge in [-0.05, 0) is 57.0 Å². The minimum atomic E-state index is 0.105. The highest BCUT2D eigenvalue weighted by atomic mass is 79.9. The summed E-state index contributed by atoms with van der Waals surface area (Å²) in [4.78, 5) is 2.58. The van der Waals surface area contributed by atoms with Crippen LogP contribution in [-0.4, -0.2) is 30.1 Å². The van der Waals surface area contributed by atoms with Gasteiger partial charge in [-0.1, -0.05) is 34.5 Å². The van der Waals surface area contributed by atoms with Crippen molar-refractivity contribution in [2.24, 2.45) is 5.73 Å². The lowest BCUT2D eigenvalue weighted by molar-refractivity contribution is 0.0870. The SMILES string of the molecule is CC(CN)(Cc1ccc(Br)cc1)N1CCCCC1. The molecule has 0 amide bonds. The first kappa shape index (κ1) is 14.0. The summed E-state index contributed by atoms with van der Waals surface area (Å²) in [6.45, 7) is 5.43. The van der Waals surface area contributed by atoms with E-state index in [9.17, 15) is 0 Å². The third-order valence-corrected chi connectivity index (χ3v) is 4.59. The predicted molar refractivity (Wildman–Crippen MR) is 80.7 cm³/mol. The second kappa shape index (κ2) is 6.18. The molecule has 1 aliphatic heterocycles. The quantitative estimate of drug-likeness (QED) is 0.925. The van der Waals surface area contributed by atoms with Gasteiger partial charge < -0.3 is 5.73 Å². The molecule has 100 valence electrons. The Morgan fingerprint density at radius 2 is 1.78 bits per heavy atom. The molecule has 2 nitrogen and oxygen atoms in total. The van der Waals surface area contributed by atoms with Crippen LogP contribution in [0, 0.1) is 0 Å². The summed E-state index contributed by atoms with van der Waals surface area (Å²) in [5.74, 6) is 0. The Morgan fingerprint density at radius 3 is 2.33 bits per heavy atom. The molecule has 2 N–H and O–H groups in total. The van der Waals surface area contributed by atoms with Crippen molar-refractivity contribution in [3.05, 3.63) is 34.3 Å². The predicted octanol–water partition coefficient (Wildman–Crippen LogP) is 3.19. The highest BCUT2D eigenvalue weighted by Gasteiger charge is 2.31. The van der Waals surface area contributed by atoms with E-state index in [1.807, 2.05) is 0 Å². The molecule has 0 radical (unpaired) electrons. The van der Waals surface area contributed by atoms with Crippen LogP contribution in [-0.2, 0) is 6.42 Å². The number of hydrogen-bond donors (Lipinski definition) is 1. The molecule has 0 spiro atoms. The van der Waals surface area contributed by atoms with Gasteiger partial charge in [0.1, 0.15) is 0 Å². The standard InChI is InChI=1S/C15H23BrN2/c1-15(12-17,18-9-3-2-4-10-18)11-13-5-7-14(16)8-6-13/h5-8H,2-4,9-12,17H2,1H3. The van der Waals surface area contributed by atoms with E-state index >= 15 is 0 Å². The largest absolute Gasteiger partial charge is 0.329 e. The van der Waals surface area contributed by atoms with Crippen LogP contribution in [0.5, 0.6) is 0 Å². The van der Waals surface area contributed by atoms with Crippen molar-refractivity contribution in [2.45, 2.75) is 38.1 Å². The van der Waals surface area contributed by atoms with Crippen LogP contribution in [0.2, 0.25) is 0 Å². The van der Waals surface area contributed by atoms with Crippen molar-refractivity contribution in [1.82, 2.24) is 4.90 Å². The number of nitrogens with two attached hydrogens (primary N) is 1. The summed E-state index contributed by atoms with van der Waals surface area (Å²) in [6.07, 6.45) is 5.04. The lowest BCUT2D eigenvalue weighted by Crippen LogP contribution is -2.54. The van der Waals surface area contributed by atoms with E-state index in [0.29, 0.717) is 0 Å². The van der Waals surface area contributed by atoms with Crippen LogP contribution in [0.4, 0.5) is 0 Å². The Labute approximate surface area is 119 Å². The molecule has 0 saturated carbocycles. The number of piperidine rings is 1. The zero-order valence-electron chi connectivity index (χ0n) is 11.2. The molecule has 0 aliphatic carbocycles. The van der Waals surface area contributed by atoms with Gasteiger partial charge in [-0.15, -0.1) is 0 Å². The van der Waals surface area contributed by atoms with E-state index in [-0.39, 0.29) is 5.54 Å². The van der Waals surface area contributed by atoms with Crippen LogP contribution >= 0.6 is 15.9 Å². The second-order valence-corrected chi connectivity index (χ2v) is 6.47. The number of nitrogens with zero attached hydrogens (tertiary/aromatic N) is 1. The van der Waals surface area contributed by atoms with Gasteiger partial charge in [0.25, 0.3) is 0 Å². The highest BCUT2D eigenvalue weighted by molar-refractivity contribution is 9.10. The van der Waals surface area contributed by atoms with E-state index < -0.39 is 0 Å². The maximum absolute atomic E-state index is 6.06. The molecule has 1 saturated heterocycles. The Bertz CT molecular complexity index is 371. The van der Waals surface area contributed by atoms with Gasteiger partial charge in [0.05, 0.1) is 0 Å². The van der Waals surface area contributed by atoms with E-state index in [0.717, 1.165) is 17.4 Å². The van der Waals surface area contributed by atoms with Crippen LogP contribution in [0.25, 0.3) is 0 Å². The first-order valence-corrected chi connectivity index (χ1v) is 7.63. The van der Waals surface area contributed by atoms with E-state index in [2.05, 4.69) is 52.0 Å². The fourth-order valence-corrected chi connectivity index (χ4v) is 3.05. The Morgan fingerprint density at radius 1 is 1.17 bits per heavy atom. The molecule has 1 fully saturated rings. The molecule has 1 heterocycles. The van der Waals surface area contributed by atoms with Crippen molar-refractivity contribution < 1.29 is 0 Å². The summed E-state index contributed by atoms with van der Waals surface area (Å²) < 4.78 is 1.14. The summed E-state index contributed by atoms with van der Waals surface area (Å²) in [5, 5.41) is 0. The van der Waals surface area contributed by atoms with Crippen LogP contribution in [0.15, 0.2) is 28.7 Å². The van der Waals surface area contributed by atoms with E-state index in [4.69, 9.17) is 5.73 Å². The fraction of sp³-hybridized carbons (Fsp3) is 0.600. The van der Waals surface area contributed by atoms with Gasteiger partial charge in [-0.2, -0.15) is 0 Å². The van der Waals surface area contributed by atoms with Crippen LogP contribution in [0.1, 0.15) is 31.7 Å². The topological polar surface area (TPSA) is 29.3 Å². The van der Waals surface area contributed by atoms with Crippen molar-refractivity contribution >= 4 is 15.9 Å². The smallest absolute Gasteiger partial charge is 0.0343 e. The fourth-order valence-electron chi connectivity index (χ4n) is 2.79. The van der Waals surface area contributed by atoms with Gasteiger partial charge in [-0.25, -0.2) is 0 Å². The summed E-state index contributed by atoms with van der Waals surface area (Å²) in [5.41, 5.74) is 7.54. The Balaban J connectivity index is 2.08. The number of benzene rings is 1. The van der Waals surface area contributed by atoms with Gasteiger partial charge in [-0.3, -0.25) is 4.90 Å². The average molecular weight is 311 g/mol. The summed E-state index contributed by atoms with van der Waals surface area (Å²) in [7, 11) is 0. The summed E-state index contributed by atoms with van der Waals surface area (Å²) in [6, 6.07) is 8.62. The third kappa shape index (κ3) is 3.34. The molecule has 0 bridgehead atoms. The average Bonchev–Trinajstić information content (AvgIpc) is 2.42. The van der Waals surface area contributed by atoms with Crippen molar-refractivity contribution in [3.8, 4) is 0 Å². The molecule has 1 aromatic carbocycles. The molecule has 0 aromatic heterocycles. The zero-order valence-corrected chi connectivity index (χ0v) is 12.7. The molecule has 18 heavy (non-hydrogen) atoms. The number of likely N-dealkylation sites (tertiary alicyclic amines) is 1. The summed E-state index contributed by atoms with van der Waals surface area (Å²) >= 11 is 3.48. The van der Waals surface area contributed by atoms with Gasteiger partial charge in [0.2, 0.25) is 0 Å². The van der Waals surface area contributed by atoms with Crippen molar-refractivity contribution in [2.75, 3.05) is 19.6 Å². The lowest BCUT2D eigenvalue weighted by atomic mass is 9.89. The van der Waals surface area contributed by atoms with Crippen molar-refractivity contribution in [3.63, 3.8) is 0 Å². The maximum Gasteiger partial charge on any atom is 0.0343 e. The Hall–Kier alpha value is -0.380. The lowest BCUT2D eigenvalue weighted by Gasteiger charge is -2.43. The van der Waals surface area contributed by atoms with Crippen molar-refractivity contribution in [1.29, 1.82) is 0 Å². The van der Waals surface area contributed by atoms with Gasteiger partial charge in [0, 0.05) is 16.6 Å². The maximum atomic E-state index is 6.06.